The maximum Gasteiger partial charge on any atom is 0.243 e. The number of nitrogens with zero attached hydrogens (tertiary/aromatic N) is 1. The van der Waals surface area contributed by atoms with Crippen molar-refractivity contribution in [1.82, 2.24) is 10.2 Å². The van der Waals surface area contributed by atoms with E-state index in [-0.39, 0.29) is 30.2 Å². The van der Waals surface area contributed by atoms with Gasteiger partial charge in [0.25, 0.3) is 0 Å². The number of rotatable bonds is 12. The Morgan fingerprint density at radius 3 is 2.26 bits per heavy atom. The van der Waals surface area contributed by atoms with E-state index in [0.717, 1.165) is 17.5 Å². The Hall–Kier alpha value is -2.47. The van der Waals surface area contributed by atoms with E-state index < -0.39 is 6.04 Å². The van der Waals surface area contributed by atoms with Crippen LogP contribution in [0.2, 0.25) is 10.0 Å². The molecule has 0 spiro atoms. The number of carbonyl (C=O) groups excluding carboxylic acids is 2. The van der Waals surface area contributed by atoms with Crippen molar-refractivity contribution in [3.63, 3.8) is 0 Å². The monoisotopic (exact) mass is 570 g/mol. The lowest BCUT2D eigenvalue weighted by atomic mass is 10.0. The molecule has 0 bridgehead atoms. The van der Waals surface area contributed by atoms with Gasteiger partial charge in [-0.25, -0.2) is 0 Å². The van der Waals surface area contributed by atoms with E-state index in [2.05, 4.69) is 37.4 Å². The van der Waals surface area contributed by atoms with Crippen LogP contribution in [0.15, 0.2) is 66.7 Å². The van der Waals surface area contributed by atoms with Gasteiger partial charge >= 0.3 is 0 Å². The maximum atomic E-state index is 13.8. The van der Waals surface area contributed by atoms with Crippen LogP contribution in [0.4, 0.5) is 0 Å². The summed E-state index contributed by atoms with van der Waals surface area (Å²) >= 11 is 14.2. The second-order valence-electron chi connectivity index (χ2n) is 9.77. The van der Waals surface area contributed by atoms with Gasteiger partial charge in [-0.15, -0.1) is 11.8 Å². The first-order valence-electron chi connectivity index (χ1n) is 12.9. The van der Waals surface area contributed by atoms with Crippen LogP contribution < -0.4 is 5.32 Å². The number of amides is 2. The molecule has 3 aromatic carbocycles. The maximum absolute atomic E-state index is 13.8. The van der Waals surface area contributed by atoms with Gasteiger partial charge in [-0.2, -0.15) is 0 Å². The van der Waals surface area contributed by atoms with Crippen LogP contribution in [0.1, 0.15) is 48.1 Å². The lowest BCUT2D eigenvalue weighted by molar-refractivity contribution is -0.139. The highest BCUT2D eigenvalue weighted by Crippen LogP contribution is 2.25. The van der Waals surface area contributed by atoms with Gasteiger partial charge in [-0.3, -0.25) is 9.59 Å². The molecule has 0 heterocycles. The molecular weight excluding hydrogens is 535 g/mol. The second-order valence-corrected chi connectivity index (χ2v) is 11.6. The van der Waals surface area contributed by atoms with Crippen LogP contribution in [0.25, 0.3) is 0 Å². The summed E-state index contributed by atoms with van der Waals surface area (Å²) in [4.78, 5) is 29.1. The van der Waals surface area contributed by atoms with Crippen LogP contribution in [0, 0.1) is 13.8 Å². The van der Waals surface area contributed by atoms with Gasteiger partial charge in [-0.1, -0.05) is 95.8 Å². The van der Waals surface area contributed by atoms with E-state index >= 15 is 0 Å². The Labute approximate surface area is 241 Å². The van der Waals surface area contributed by atoms with E-state index in [1.54, 1.807) is 28.8 Å². The van der Waals surface area contributed by atoms with Gasteiger partial charge in [0.1, 0.15) is 6.04 Å². The number of hydrogen-bond donors (Lipinski definition) is 1. The minimum absolute atomic E-state index is 0.00391. The quantitative estimate of drug-likeness (QED) is 0.247. The standard InChI is InChI=1S/C31H36Cl2N2O2S/c1-5-23(4)34-31(37)29(16-24-9-7-6-8-10-24)35(18-26-11-12-27(32)17-28(26)33)30(36)20-38-19-25-14-21(2)13-22(3)15-25/h6-15,17,23,29H,5,16,18-20H2,1-4H3,(H,34,37)/t23-,29-/m0/s1. The molecule has 38 heavy (non-hydrogen) atoms. The highest BCUT2D eigenvalue weighted by Gasteiger charge is 2.31. The summed E-state index contributed by atoms with van der Waals surface area (Å²) in [5, 5.41) is 4.09. The number of nitrogens with one attached hydrogen (secondary N) is 1. The molecule has 0 aliphatic heterocycles. The molecule has 202 valence electrons. The van der Waals surface area contributed by atoms with E-state index in [4.69, 9.17) is 23.2 Å². The van der Waals surface area contributed by atoms with Crippen LogP contribution in [-0.4, -0.2) is 34.6 Å². The Bertz CT molecular complexity index is 1220. The van der Waals surface area contributed by atoms with Gasteiger partial charge in [0.2, 0.25) is 11.8 Å². The van der Waals surface area contributed by atoms with Gasteiger partial charge in [0.15, 0.2) is 0 Å². The first-order valence-corrected chi connectivity index (χ1v) is 14.8. The number of aryl methyl sites for hydroxylation is 2. The van der Waals surface area contributed by atoms with E-state index in [1.165, 1.54) is 16.7 Å². The Morgan fingerprint density at radius 1 is 0.947 bits per heavy atom. The third-order valence-electron chi connectivity index (χ3n) is 6.40. The van der Waals surface area contributed by atoms with Gasteiger partial charge in [0, 0.05) is 34.8 Å². The number of carbonyl (C=O) groups is 2. The van der Waals surface area contributed by atoms with Gasteiger partial charge in [0.05, 0.1) is 5.75 Å². The van der Waals surface area contributed by atoms with Crippen molar-refractivity contribution >= 4 is 46.8 Å². The zero-order valence-corrected chi connectivity index (χ0v) is 24.8. The fraction of sp³-hybridized carbons (Fsp3) is 0.355. The van der Waals surface area contributed by atoms with Gasteiger partial charge in [-0.05, 0) is 56.0 Å². The molecule has 7 heteroatoms. The van der Waals surface area contributed by atoms with Crippen molar-refractivity contribution in [2.45, 2.75) is 64.9 Å². The summed E-state index contributed by atoms with van der Waals surface area (Å²) in [5.74, 6) is 0.693. The molecule has 0 radical (unpaired) electrons. The number of benzene rings is 3. The average molecular weight is 572 g/mol. The summed E-state index contributed by atoms with van der Waals surface area (Å²) in [5.41, 5.74) is 5.33. The topological polar surface area (TPSA) is 49.4 Å². The highest BCUT2D eigenvalue weighted by molar-refractivity contribution is 7.99. The van der Waals surface area contributed by atoms with E-state index in [9.17, 15) is 9.59 Å². The molecule has 3 aromatic rings. The molecule has 0 fully saturated rings. The lowest BCUT2D eigenvalue weighted by Gasteiger charge is -2.32. The third-order valence-corrected chi connectivity index (χ3v) is 7.98. The molecule has 0 aromatic heterocycles. The van der Waals surface area contributed by atoms with Crippen molar-refractivity contribution in [2.24, 2.45) is 0 Å². The minimum Gasteiger partial charge on any atom is -0.352 e. The zero-order valence-electron chi connectivity index (χ0n) is 22.5. The summed E-state index contributed by atoms with van der Waals surface area (Å²) in [6.07, 6.45) is 1.20. The molecule has 4 nitrogen and oxygen atoms in total. The highest BCUT2D eigenvalue weighted by atomic mass is 35.5. The summed E-state index contributed by atoms with van der Waals surface area (Å²) in [6, 6.07) is 20.8. The van der Waals surface area contributed by atoms with E-state index in [1.807, 2.05) is 50.2 Å². The molecule has 0 saturated heterocycles. The smallest absolute Gasteiger partial charge is 0.243 e. The van der Waals surface area contributed by atoms with Crippen molar-refractivity contribution in [3.8, 4) is 0 Å². The predicted octanol–water partition coefficient (Wildman–Crippen LogP) is 7.40. The summed E-state index contributed by atoms with van der Waals surface area (Å²) in [7, 11) is 0. The first-order chi connectivity index (χ1) is 18.2. The van der Waals surface area contributed by atoms with Crippen LogP contribution >= 0.6 is 35.0 Å². The molecule has 0 saturated carbocycles. The SMILES string of the molecule is CC[C@H](C)NC(=O)[C@H](Cc1ccccc1)N(Cc1ccc(Cl)cc1Cl)C(=O)CSCc1cc(C)cc(C)c1. The third kappa shape index (κ3) is 9.07. The normalized spacial score (nSPS) is 12.6. The van der Waals surface area contributed by atoms with Crippen molar-refractivity contribution < 1.29 is 9.59 Å². The number of thioether (sulfide) groups is 1. The van der Waals surface area contributed by atoms with Crippen LogP contribution in [0.5, 0.6) is 0 Å². The van der Waals surface area contributed by atoms with Crippen molar-refractivity contribution in [1.29, 1.82) is 0 Å². The average Bonchev–Trinajstić information content (AvgIpc) is 2.87. The lowest BCUT2D eigenvalue weighted by Crippen LogP contribution is -2.52. The van der Waals surface area contributed by atoms with E-state index in [0.29, 0.717) is 22.2 Å². The first kappa shape index (κ1) is 30.1. The Balaban J connectivity index is 1.89. The number of hydrogen-bond acceptors (Lipinski definition) is 3. The molecule has 2 amide bonds. The molecular formula is C31H36Cl2N2O2S. The van der Waals surface area contributed by atoms with Crippen molar-refractivity contribution in [3.05, 3.63) is 105 Å². The Kier molecular flexibility index (Phi) is 11.6. The molecule has 1 N–H and O–H groups in total. The summed E-state index contributed by atoms with van der Waals surface area (Å²) in [6.45, 7) is 8.36. The molecule has 2 atom stereocenters. The molecule has 0 aliphatic rings. The largest absolute Gasteiger partial charge is 0.352 e. The van der Waals surface area contributed by atoms with Crippen molar-refractivity contribution in [2.75, 3.05) is 5.75 Å². The fourth-order valence-corrected chi connectivity index (χ4v) is 5.63. The van der Waals surface area contributed by atoms with Gasteiger partial charge < -0.3 is 10.2 Å². The fourth-order valence-electron chi connectivity index (χ4n) is 4.32. The molecule has 0 aliphatic carbocycles. The molecule has 0 unspecified atom stereocenters. The number of halogens is 2. The minimum atomic E-state index is -0.688. The van der Waals surface area contributed by atoms with Crippen LogP contribution in [0.3, 0.4) is 0 Å². The predicted molar refractivity (Wildman–Crippen MR) is 161 cm³/mol. The Morgan fingerprint density at radius 2 is 1.63 bits per heavy atom. The van der Waals surface area contributed by atoms with Crippen LogP contribution in [-0.2, 0) is 28.3 Å². The second kappa shape index (κ2) is 14.6. The molecule has 3 rings (SSSR count). The summed E-state index contributed by atoms with van der Waals surface area (Å²) < 4.78 is 0. The zero-order chi connectivity index (χ0) is 27.7.